The van der Waals surface area contributed by atoms with Gasteiger partial charge in [-0.3, -0.25) is 4.99 Å². The Labute approximate surface area is 173 Å². The van der Waals surface area contributed by atoms with Gasteiger partial charge in [-0.1, -0.05) is 17.7 Å². The van der Waals surface area contributed by atoms with E-state index in [1.54, 1.807) is 20.1 Å². The molecule has 0 aliphatic carbocycles. The minimum atomic E-state index is -3.08. The van der Waals surface area contributed by atoms with Crippen molar-refractivity contribution < 1.29 is 12.8 Å². The number of aliphatic imine (C=N–C) groups is 1. The fourth-order valence-electron chi connectivity index (χ4n) is 3.28. The molecule has 2 heterocycles. The predicted molar refractivity (Wildman–Crippen MR) is 116 cm³/mol. The highest BCUT2D eigenvalue weighted by atomic mass is 32.2. The largest absolute Gasteiger partial charge is 0.444 e. The lowest BCUT2D eigenvalue weighted by Crippen LogP contribution is -2.57. The summed E-state index contributed by atoms with van der Waals surface area (Å²) in [7, 11) is -3.08. The van der Waals surface area contributed by atoms with E-state index in [2.05, 4.69) is 10.3 Å². The van der Waals surface area contributed by atoms with Crippen LogP contribution in [0.4, 0.5) is 0 Å². The van der Waals surface area contributed by atoms with Crippen molar-refractivity contribution in [2.45, 2.75) is 38.9 Å². The Kier molecular flexibility index (Phi) is 6.31. The lowest BCUT2D eigenvalue weighted by Gasteiger charge is -2.39. The van der Waals surface area contributed by atoms with Crippen molar-refractivity contribution in [3.63, 3.8) is 0 Å². The van der Waals surface area contributed by atoms with Gasteiger partial charge in [0.1, 0.15) is 6.26 Å². The molecule has 0 unspecified atom stereocenters. The lowest BCUT2D eigenvalue weighted by atomic mass is 10.1. The highest BCUT2D eigenvalue weighted by Crippen LogP contribution is 2.24. The minimum Gasteiger partial charge on any atom is -0.444 e. The standard InChI is InChI=1S/C21H30N4O3S/c1-5-22-20(25-12-13-29(26,27)21(3,4)15-25)23-11-10-18-14-28-19(24-18)17-8-6-16(2)7-9-17/h6-9,14H,5,10-13,15H2,1-4H3,(H,22,23). The van der Waals surface area contributed by atoms with Crippen LogP contribution in [-0.2, 0) is 16.3 Å². The summed E-state index contributed by atoms with van der Waals surface area (Å²) in [6, 6.07) is 8.07. The van der Waals surface area contributed by atoms with Crippen molar-refractivity contribution in [1.82, 2.24) is 15.2 Å². The van der Waals surface area contributed by atoms with E-state index < -0.39 is 14.6 Å². The zero-order valence-corrected chi connectivity index (χ0v) is 18.4. The third-order valence-corrected chi connectivity index (χ3v) is 7.69. The van der Waals surface area contributed by atoms with Crippen LogP contribution < -0.4 is 5.32 Å². The van der Waals surface area contributed by atoms with Crippen molar-refractivity contribution in [2.75, 3.05) is 31.9 Å². The number of hydrogen-bond donors (Lipinski definition) is 1. The Morgan fingerprint density at radius 3 is 2.69 bits per heavy atom. The van der Waals surface area contributed by atoms with Crippen LogP contribution in [0.2, 0.25) is 0 Å². The van der Waals surface area contributed by atoms with Crippen molar-refractivity contribution in [1.29, 1.82) is 0 Å². The van der Waals surface area contributed by atoms with Gasteiger partial charge in [0.25, 0.3) is 0 Å². The molecule has 8 heteroatoms. The van der Waals surface area contributed by atoms with Crippen LogP contribution in [0.3, 0.4) is 0 Å². The smallest absolute Gasteiger partial charge is 0.226 e. The molecule has 2 aromatic rings. The maximum absolute atomic E-state index is 12.3. The Bertz CT molecular complexity index is 962. The summed E-state index contributed by atoms with van der Waals surface area (Å²) in [6.45, 7) is 9.77. The highest BCUT2D eigenvalue weighted by Gasteiger charge is 2.40. The molecule has 0 bridgehead atoms. The third kappa shape index (κ3) is 4.98. The molecule has 1 saturated heterocycles. The highest BCUT2D eigenvalue weighted by molar-refractivity contribution is 7.92. The number of aromatic nitrogens is 1. The summed E-state index contributed by atoms with van der Waals surface area (Å²) in [6.07, 6.45) is 2.33. The number of aryl methyl sites for hydroxylation is 1. The van der Waals surface area contributed by atoms with Crippen LogP contribution in [0.15, 0.2) is 39.9 Å². The monoisotopic (exact) mass is 418 g/mol. The molecule has 0 amide bonds. The molecule has 1 aromatic heterocycles. The van der Waals surface area contributed by atoms with Crippen molar-refractivity contribution in [3.05, 3.63) is 41.8 Å². The number of oxazole rings is 1. The number of rotatable bonds is 5. The average Bonchev–Trinajstić information content (AvgIpc) is 3.13. The van der Waals surface area contributed by atoms with Gasteiger partial charge in [0.15, 0.2) is 15.8 Å². The lowest BCUT2D eigenvalue weighted by molar-refractivity contribution is 0.353. The van der Waals surface area contributed by atoms with Gasteiger partial charge in [0.2, 0.25) is 5.89 Å². The molecule has 1 N–H and O–H groups in total. The molecule has 7 nitrogen and oxygen atoms in total. The molecule has 0 atom stereocenters. The molecule has 1 fully saturated rings. The average molecular weight is 419 g/mol. The first-order valence-electron chi connectivity index (χ1n) is 9.99. The Balaban J connectivity index is 1.65. The van der Waals surface area contributed by atoms with E-state index in [1.807, 2.05) is 43.0 Å². The van der Waals surface area contributed by atoms with E-state index in [4.69, 9.17) is 9.41 Å². The Hall–Kier alpha value is -2.35. The predicted octanol–water partition coefficient (Wildman–Crippen LogP) is 2.67. The zero-order chi connectivity index (χ0) is 21.1. The molecule has 3 rings (SSSR count). The van der Waals surface area contributed by atoms with Gasteiger partial charge >= 0.3 is 0 Å². The second-order valence-corrected chi connectivity index (χ2v) is 10.7. The summed E-state index contributed by atoms with van der Waals surface area (Å²) in [5.41, 5.74) is 3.00. The number of nitrogens with one attached hydrogen (secondary N) is 1. The first-order chi connectivity index (χ1) is 13.7. The first-order valence-corrected chi connectivity index (χ1v) is 11.6. The van der Waals surface area contributed by atoms with Gasteiger partial charge in [-0.2, -0.15) is 0 Å². The van der Waals surface area contributed by atoms with E-state index in [0.717, 1.165) is 23.8 Å². The summed E-state index contributed by atoms with van der Waals surface area (Å²) >= 11 is 0. The molecule has 1 aliphatic heterocycles. The zero-order valence-electron chi connectivity index (χ0n) is 17.6. The van der Waals surface area contributed by atoms with Crippen LogP contribution in [0.5, 0.6) is 0 Å². The fourth-order valence-corrected chi connectivity index (χ4v) is 4.64. The number of guanidine groups is 1. The van der Waals surface area contributed by atoms with E-state index >= 15 is 0 Å². The Morgan fingerprint density at radius 2 is 2.03 bits per heavy atom. The van der Waals surface area contributed by atoms with Crippen LogP contribution in [0, 0.1) is 6.92 Å². The van der Waals surface area contributed by atoms with E-state index in [1.165, 1.54) is 5.56 Å². The summed E-state index contributed by atoms with van der Waals surface area (Å²) in [5, 5.41) is 3.28. The molecule has 29 heavy (non-hydrogen) atoms. The van der Waals surface area contributed by atoms with Crippen LogP contribution in [0.1, 0.15) is 32.0 Å². The minimum absolute atomic E-state index is 0.146. The maximum atomic E-state index is 12.3. The van der Waals surface area contributed by atoms with Crippen LogP contribution in [-0.4, -0.2) is 60.9 Å². The third-order valence-electron chi connectivity index (χ3n) is 5.16. The molecule has 1 aromatic carbocycles. The number of hydrogen-bond acceptors (Lipinski definition) is 5. The number of sulfone groups is 1. The SMILES string of the molecule is CCNC(=NCCc1coc(-c2ccc(C)cc2)n1)N1CCS(=O)(=O)C(C)(C)C1. The number of benzene rings is 1. The van der Waals surface area contributed by atoms with Gasteiger partial charge in [0, 0.05) is 38.2 Å². The second-order valence-electron chi connectivity index (χ2n) is 8.00. The summed E-state index contributed by atoms with van der Waals surface area (Å²) < 4.78 is 29.3. The summed E-state index contributed by atoms with van der Waals surface area (Å²) in [5.74, 6) is 1.50. The van der Waals surface area contributed by atoms with Gasteiger partial charge < -0.3 is 14.6 Å². The van der Waals surface area contributed by atoms with E-state index in [9.17, 15) is 8.42 Å². The van der Waals surface area contributed by atoms with Gasteiger partial charge in [-0.15, -0.1) is 0 Å². The molecule has 0 radical (unpaired) electrons. The fraction of sp³-hybridized carbons (Fsp3) is 0.524. The van der Waals surface area contributed by atoms with Crippen LogP contribution in [0.25, 0.3) is 11.5 Å². The molecular formula is C21H30N4O3S. The molecule has 0 spiro atoms. The first kappa shape index (κ1) is 21.4. The normalized spacial score (nSPS) is 18.6. The maximum Gasteiger partial charge on any atom is 0.226 e. The van der Waals surface area contributed by atoms with Gasteiger partial charge in [-0.05, 0) is 39.8 Å². The summed E-state index contributed by atoms with van der Waals surface area (Å²) in [4.78, 5) is 11.3. The van der Waals surface area contributed by atoms with E-state index in [0.29, 0.717) is 31.9 Å². The second kappa shape index (κ2) is 8.57. The van der Waals surface area contributed by atoms with Crippen LogP contribution >= 0.6 is 0 Å². The topological polar surface area (TPSA) is 87.8 Å². The van der Waals surface area contributed by atoms with Crippen molar-refractivity contribution in [2.24, 2.45) is 4.99 Å². The molecule has 1 aliphatic rings. The van der Waals surface area contributed by atoms with Gasteiger partial charge in [-0.25, -0.2) is 13.4 Å². The molecule has 158 valence electrons. The molecular weight excluding hydrogens is 388 g/mol. The van der Waals surface area contributed by atoms with E-state index in [-0.39, 0.29) is 5.75 Å². The molecule has 0 saturated carbocycles. The van der Waals surface area contributed by atoms with Gasteiger partial charge in [0.05, 0.1) is 16.2 Å². The quantitative estimate of drug-likeness (QED) is 0.593. The number of nitrogens with zero attached hydrogens (tertiary/aromatic N) is 3. The Morgan fingerprint density at radius 1 is 1.31 bits per heavy atom. The van der Waals surface area contributed by atoms with Crippen molar-refractivity contribution >= 4 is 15.8 Å². The van der Waals surface area contributed by atoms with Crippen molar-refractivity contribution in [3.8, 4) is 11.5 Å².